The first kappa shape index (κ1) is 24.2. The lowest BCUT2D eigenvalue weighted by atomic mass is 10.0. The highest BCUT2D eigenvalue weighted by atomic mass is 15.4. The zero-order chi connectivity index (χ0) is 21.8. The predicted molar refractivity (Wildman–Crippen MR) is 129 cm³/mol. The van der Waals surface area contributed by atoms with Gasteiger partial charge in [0.05, 0.1) is 32.1 Å². The first-order chi connectivity index (χ1) is 14.2. The van der Waals surface area contributed by atoms with E-state index in [0.717, 1.165) is 6.17 Å². The Hall–Kier alpha value is -0.450. The van der Waals surface area contributed by atoms with Crippen molar-refractivity contribution in [2.75, 3.05) is 39.3 Å². The van der Waals surface area contributed by atoms with Crippen LogP contribution in [0.3, 0.4) is 0 Å². The van der Waals surface area contributed by atoms with E-state index in [1.807, 2.05) is 0 Å². The second kappa shape index (κ2) is 10.4. The molecule has 4 aliphatic heterocycles. The number of amidine groups is 1. The van der Waals surface area contributed by atoms with Crippen LogP contribution in [-0.4, -0.2) is 76.7 Å². The molecule has 4 aliphatic rings. The lowest BCUT2D eigenvalue weighted by Gasteiger charge is -2.49. The summed E-state index contributed by atoms with van der Waals surface area (Å²) in [5.74, 6) is 1.71. The third-order valence-corrected chi connectivity index (χ3v) is 7.69. The largest absolute Gasteiger partial charge is 0.336 e. The summed E-state index contributed by atoms with van der Waals surface area (Å²) in [4.78, 5) is 7.23. The van der Waals surface area contributed by atoms with Crippen molar-refractivity contribution in [3.63, 3.8) is 0 Å². The number of rotatable bonds is 0. The van der Waals surface area contributed by atoms with Gasteiger partial charge in [-0.2, -0.15) is 4.58 Å². The lowest BCUT2D eigenvalue weighted by Crippen LogP contribution is -3.16. The number of hydrogen-bond acceptors (Lipinski definition) is 2. The molecular formula is C26H52N4+2. The minimum atomic E-state index is 0.325. The SMILES string of the molecule is CC(C)(C)N1CCCN2CCCCCC21.CC(C)(C)[N+]1=C2CCCCC[NH+]2CCC1. The van der Waals surface area contributed by atoms with E-state index in [9.17, 15) is 0 Å². The summed E-state index contributed by atoms with van der Waals surface area (Å²) in [5.41, 5.74) is 0.666. The van der Waals surface area contributed by atoms with Crippen molar-refractivity contribution in [2.24, 2.45) is 0 Å². The van der Waals surface area contributed by atoms with E-state index in [-0.39, 0.29) is 0 Å². The van der Waals surface area contributed by atoms with E-state index in [0.29, 0.717) is 11.1 Å². The molecule has 0 bridgehead atoms. The molecule has 0 aromatic carbocycles. The normalized spacial score (nSPS) is 29.8. The topological polar surface area (TPSA) is 13.9 Å². The fraction of sp³-hybridized carbons (Fsp3) is 0.962. The molecule has 2 unspecified atom stereocenters. The van der Waals surface area contributed by atoms with E-state index in [4.69, 9.17) is 0 Å². The summed E-state index contributed by atoms with van der Waals surface area (Å²) in [7, 11) is 0. The van der Waals surface area contributed by atoms with Gasteiger partial charge in [0.2, 0.25) is 0 Å². The van der Waals surface area contributed by atoms with Crippen LogP contribution in [0.15, 0.2) is 0 Å². The molecule has 4 heteroatoms. The fourth-order valence-electron chi connectivity index (χ4n) is 6.19. The van der Waals surface area contributed by atoms with E-state index < -0.39 is 0 Å². The maximum Gasteiger partial charge on any atom is 0.336 e. The van der Waals surface area contributed by atoms with Crippen LogP contribution in [0.25, 0.3) is 0 Å². The second-order valence-electron chi connectivity index (χ2n) is 12.1. The molecule has 174 valence electrons. The van der Waals surface area contributed by atoms with Crippen LogP contribution in [-0.2, 0) is 0 Å². The zero-order valence-electron chi connectivity index (χ0n) is 21.2. The molecule has 0 aromatic rings. The smallest absolute Gasteiger partial charge is 0.288 e. The van der Waals surface area contributed by atoms with Gasteiger partial charge in [-0.15, -0.1) is 0 Å². The molecule has 0 spiro atoms. The Morgan fingerprint density at radius 1 is 0.767 bits per heavy atom. The van der Waals surface area contributed by atoms with Crippen molar-refractivity contribution in [3.8, 4) is 0 Å². The Kier molecular flexibility index (Phi) is 8.42. The molecule has 4 nitrogen and oxygen atoms in total. The number of quaternary nitrogens is 1. The summed E-state index contributed by atoms with van der Waals surface area (Å²) in [5, 5.41) is 0. The van der Waals surface area contributed by atoms with Crippen LogP contribution >= 0.6 is 0 Å². The Morgan fingerprint density at radius 2 is 1.47 bits per heavy atom. The maximum absolute atomic E-state index is 2.72. The predicted octanol–water partition coefficient (Wildman–Crippen LogP) is 3.75. The third kappa shape index (κ3) is 6.29. The molecule has 0 amide bonds. The standard InChI is InChI=1S/C13H26N2.C13H25N2/c2*1-13(2,3)15-11-7-10-14-9-6-4-5-8-12(14)15/h12H,4-11H2,1-3H3;4-11H2,1-3H3/q;+1/p+1. The maximum atomic E-state index is 2.72. The van der Waals surface area contributed by atoms with Gasteiger partial charge in [0.15, 0.2) is 12.1 Å². The van der Waals surface area contributed by atoms with E-state index in [2.05, 4.69) is 55.9 Å². The molecule has 0 aromatic heterocycles. The number of nitrogens with one attached hydrogen (secondary N) is 1. The molecule has 0 saturated carbocycles. The van der Waals surface area contributed by atoms with Gasteiger partial charge in [-0.1, -0.05) is 12.8 Å². The molecule has 3 fully saturated rings. The average Bonchev–Trinajstić information content (AvgIpc) is 3.06. The van der Waals surface area contributed by atoms with Gasteiger partial charge >= 0.3 is 5.84 Å². The van der Waals surface area contributed by atoms with E-state index in [1.54, 1.807) is 10.7 Å². The van der Waals surface area contributed by atoms with Crippen LogP contribution < -0.4 is 4.90 Å². The summed E-state index contributed by atoms with van der Waals surface area (Å²) in [6, 6.07) is 0. The van der Waals surface area contributed by atoms with Gasteiger partial charge in [-0.25, -0.2) is 0 Å². The zero-order valence-corrected chi connectivity index (χ0v) is 21.2. The van der Waals surface area contributed by atoms with Gasteiger partial charge < -0.3 is 0 Å². The molecule has 2 atom stereocenters. The monoisotopic (exact) mass is 420 g/mol. The van der Waals surface area contributed by atoms with Crippen LogP contribution in [0.2, 0.25) is 0 Å². The summed E-state index contributed by atoms with van der Waals surface area (Å²) < 4.78 is 2.68. The summed E-state index contributed by atoms with van der Waals surface area (Å²) >= 11 is 0. The van der Waals surface area contributed by atoms with Gasteiger partial charge in [-0.05, 0) is 86.6 Å². The quantitative estimate of drug-likeness (QED) is 0.600. The Morgan fingerprint density at radius 3 is 2.20 bits per heavy atom. The van der Waals surface area contributed by atoms with Crippen LogP contribution in [0.1, 0.15) is 106 Å². The van der Waals surface area contributed by atoms with Crippen LogP contribution in [0, 0.1) is 0 Å². The molecule has 3 saturated heterocycles. The minimum absolute atomic E-state index is 0.325. The first-order valence-corrected chi connectivity index (χ1v) is 13.2. The molecule has 1 N–H and O–H groups in total. The molecule has 4 rings (SSSR count). The molecule has 30 heavy (non-hydrogen) atoms. The Labute approximate surface area is 187 Å². The van der Waals surface area contributed by atoms with Gasteiger partial charge in [0, 0.05) is 18.6 Å². The number of fused-ring (bicyclic) bond motifs is 2. The molecule has 4 heterocycles. The van der Waals surface area contributed by atoms with Crippen molar-refractivity contribution in [2.45, 2.75) is 123 Å². The van der Waals surface area contributed by atoms with E-state index in [1.165, 1.54) is 103 Å². The lowest BCUT2D eigenvalue weighted by molar-refractivity contribution is -0.856. The highest BCUT2D eigenvalue weighted by Crippen LogP contribution is 2.29. The van der Waals surface area contributed by atoms with Crippen LogP contribution in [0.4, 0.5) is 0 Å². The van der Waals surface area contributed by atoms with Crippen molar-refractivity contribution in [1.82, 2.24) is 9.80 Å². The Bertz CT molecular complexity index is 569. The highest BCUT2D eigenvalue weighted by molar-refractivity contribution is 5.68. The minimum Gasteiger partial charge on any atom is -0.288 e. The summed E-state index contributed by atoms with van der Waals surface area (Å²) in [6.07, 6.45) is 14.7. The fourth-order valence-corrected chi connectivity index (χ4v) is 6.19. The molecular weight excluding hydrogens is 368 g/mol. The van der Waals surface area contributed by atoms with Gasteiger partial charge in [0.1, 0.15) is 0 Å². The van der Waals surface area contributed by atoms with Crippen LogP contribution in [0.5, 0.6) is 0 Å². The van der Waals surface area contributed by atoms with Gasteiger partial charge in [-0.3, -0.25) is 14.7 Å². The van der Waals surface area contributed by atoms with Crippen molar-refractivity contribution in [1.29, 1.82) is 0 Å². The first-order valence-electron chi connectivity index (χ1n) is 13.2. The van der Waals surface area contributed by atoms with Crippen molar-refractivity contribution in [3.05, 3.63) is 0 Å². The second-order valence-corrected chi connectivity index (χ2v) is 12.1. The van der Waals surface area contributed by atoms with E-state index >= 15 is 0 Å². The third-order valence-electron chi connectivity index (χ3n) is 7.69. The number of nitrogens with zero attached hydrogens (tertiary/aromatic N) is 3. The molecule has 0 radical (unpaired) electrons. The van der Waals surface area contributed by atoms with Crippen molar-refractivity contribution < 1.29 is 9.48 Å². The van der Waals surface area contributed by atoms with Gasteiger partial charge in [0.25, 0.3) is 0 Å². The molecule has 0 aliphatic carbocycles. The number of hydrogen-bond donors (Lipinski definition) is 1. The van der Waals surface area contributed by atoms with Crippen molar-refractivity contribution >= 4 is 5.84 Å². The summed E-state index contributed by atoms with van der Waals surface area (Å²) in [6.45, 7) is 22.1. The average molecular weight is 421 g/mol. The highest BCUT2D eigenvalue weighted by Gasteiger charge is 2.38. The Balaban J connectivity index is 0.000000171.